The number of aromatic nitrogens is 1. The molecule has 5 heteroatoms. The van der Waals surface area contributed by atoms with Crippen molar-refractivity contribution in [3.63, 3.8) is 0 Å². The lowest BCUT2D eigenvalue weighted by atomic mass is 10.2. The summed E-state index contributed by atoms with van der Waals surface area (Å²) in [6.45, 7) is 3.29. The molecule has 4 rings (SSSR count). The summed E-state index contributed by atoms with van der Waals surface area (Å²) in [6.07, 6.45) is 0. The molecule has 0 radical (unpaired) electrons. The molecular weight excluding hydrogens is 328 g/mol. The summed E-state index contributed by atoms with van der Waals surface area (Å²) in [4.78, 5) is 2.43. The van der Waals surface area contributed by atoms with Crippen molar-refractivity contribution in [2.45, 2.75) is 22.8 Å². The van der Waals surface area contributed by atoms with Gasteiger partial charge in [-0.05, 0) is 25.1 Å². The summed E-state index contributed by atoms with van der Waals surface area (Å²) >= 11 is 8.07. The fourth-order valence-corrected chi connectivity index (χ4v) is 4.45. The summed E-state index contributed by atoms with van der Waals surface area (Å²) in [6, 6.07) is 14.5. The van der Waals surface area contributed by atoms with Crippen molar-refractivity contribution in [2.75, 3.05) is 13.2 Å². The molecule has 3 aromatic rings. The molecule has 1 aliphatic heterocycles. The zero-order valence-electron chi connectivity index (χ0n) is 12.8. The van der Waals surface area contributed by atoms with E-state index in [0.29, 0.717) is 18.2 Å². The average Bonchev–Trinajstić information content (AvgIpc) is 2.83. The molecule has 0 bridgehead atoms. The molecule has 3 nitrogen and oxygen atoms in total. The Hall–Kier alpha value is -1.62. The maximum absolute atomic E-state index is 6.31. The van der Waals surface area contributed by atoms with Gasteiger partial charge in [0.1, 0.15) is 12.4 Å². The number of nitrogens with two attached hydrogens (primary N) is 1. The molecule has 1 aromatic heterocycles. The third kappa shape index (κ3) is 2.42. The highest BCUT2D eigenvalue weighted by Gasteiger charge is 2.27. The first-order valence-corrected chi connectivity index (χ1v) is 8.78. The second-order valence-corrected chi connectivity index (χ2v) is 7.22. The van der Waals surface area contributed by atoms with Crippen LogP contribution in [0.4, 0.5) is 0 Å². The quantitative estimate of drug-likeness (QED) is 0.752. The Kier molecular flexibility index (Phi) is 3.76. The minimum Gasteiger partial charge on any atom is -0.489 e. The molecule has 1 unspecified atom stereocenters. The van der Waals surface area contributed by atoms with E-state index < -0.39 is 0 Å². The first kappa shape index (κ1) is 14.9. The molecule has 0 amide bonds. The van der Waals surface area contributed by atoms with Gasteiger partial charge in [-0.1, -0.05) is 41.6 Å². The first-order chi connectivity index (χ1) is 11.2. The van der Waals surface area contributed by atoms with Crippen molar-refractivity contribution >= 4 is 34.3 Å². The number of hydrogen-bond acceptors (Lipinski definition) is 3. The van der Waals surface area contributed by atoms with Crippen LogP contribution in [0.1, 0.15) is 11.7 Å². The number of rotatable bonds is 3. The zero-order chi connectivity index (χ0) is 16.0. The van der Waals surface area contributed by atoms with E-state index in [1.165, 1.54) is 15.5 Å². The van der Waals surface area contributed by atoms with Gasteiger partial charge in [-0.15, -0.1) is 0 Å². The van der Waals surface area contributed by atoms with Crippen LogP contribution < -0.4 is 10.5 Å². The molecule has 0 fully saturated rings. The molecular formula is C18H17ClN2OS. The molecule has 118 valence electrons. The second kappa shape index (κ2) is 5.78. The second-order valence-electron chi connectivity index (χ2n) is 5.70. The van der Waals surface area contributed by atoms with E-state index in [1.54, 1.807) is 11.8 Å². The van der Waals surface area contributed by atoms with Crippen LogP contribution in [0.25, 0.3) is 10.9 Å². The molecule has 0 aliphatic carbocycles. The van der Waals surface area contributed by atoms with Gasteiger partial charge >= 0.3 is 0 Å². The van der Waals surface area contributed by atoms with Gasteiger partial charge in [-0.3, -0.25) is 0 Å². The van der Waals surface area contributed by atoms with Crippen LogP contribution in [0.5, 0.6) is 5.75 Å². The fraction of sp³-hybridized carbons (Fsp3) is 0.222. The van der Waals surface area contributed by atoms with Gasteiger partial charge in [0.15, 0.2) is 0 Å². The van der Waals surface area contributed by atoms with Gasteiger partial charge in [-0.25, -0.2) is 0 Å². The molecule has 0 saturated heterocycles. The van der Waals surface area contributed by atoms with E-state index >= 15 is 0 Å². The Morgan fingerprint density at radius 2 is 2.09 bits per heavy atom. The molecule has 0 spiro atoms. The molecule has 23 heavy (non-hydrogen) atoms. The molecule has 2 N–H and O–H groups in total. The van der Waals surface area contributed by atoms with Crippen LogP contribution in [0.3, 0.4) is 0 Å². The predicted molar refractivity (Wildman–Crippen MR) is 95.8 cm³/mol. The third-order valence-electron chi connectivity index (χ3n) is 4.25. The van der Waals surface area contributed by atoms with Crippen LogP contribution in [-0.2, 0) is 0 Å². The van der Waals surface area contributed by atoms with Gasteiger partial charge < -0.3 is 15.0 Å². The van der Waals surface area contributed by atoms with Crippen LogP contribution in [-0.4, -0.2) is 17.7 Å². The maximum Gasteiger partial charge on any atom is 0.145 e. The molecule has 2 heterocycles. The summed E-state index contributed by atoms with van der Waals surface area (Å²) in [5.41, 5.74) is 8.28. The highest BCUT2D eigenvalue weighted by molar-refractivity contribution is 7.99. The SMILES string of the molecule is Cc1c(Sc2ccccc2)c2cc(Cl)cc3c2n1C(CN)CO3. The van der Waals surface area contributed by atoms with Crippen LogP contribution in [0.15, 0.2) is 52.3 Å². The number of hydrogen-bond donors (Lipinski definition) is 1. The highest BCUT2D eigenvalue weighted by Crippen LogP contribution is 2.45. The lowest BCUT2D eigenvalue weighted by Crippen LogP contribution is -2.29. The van der Waals surface area contributed by atoms with Gasteiger partial charge in [0, 0.05) is 38.5 Å². The number of ether oxygens (including phenoxy) is 1. The van der Waals surface area contributed by atoms with Gasteiger partial charge in [0.2, 0.25) is 0 Å². The Morgan fingerprint density at radius 1 is 1.30 bits per heavy atom. The summed E-state index contributed by atoms with van der Waals surface area (Å²) in [5, 5.41) is 1.84. The Labute approximate surface area is 144 Å². The fourth-order valence-electron chi connectivity index (χ4n) is 3.20. The maximum atomic E-state index is 6.31. The Balaban J connectivity index is 1.96. The number of benzene rings is 2. The molecule has 1 atom stereocenters. The number of nitrogens with zero attached hydrogens (tertiary/aromatic N) is 1. The first-order valence-electron chi connectivity index (χ1n) is 7.59. The van der Waals surface area contributed by atoms with Crippen molar-refractivity contribution in [2.24, 2.45) is 5.73 Å². The van der Waals surface area contributed by atoms with Crippen molar-refractivity contribution < 1.29 is 4.74 Å². The average molecular weight is 345 g/mol. The van der Waals surface area contributed by atoms with Crippen molar-refractivity contribution in [1.82, 2.24) is 4.57 Å². The van der Waals surface area contributed by atoms with E-state index in [0.717, 1.165) is 16.7 Å². The van der Waals surface area contributed by atoms with Crippen molar-refractivity contribution in [1.29, 1.82) is 0 Å². The van der Waals surface area contributed by atoms with E-state index in [9.17, 15) is 0 Å². The standard InChI is InChI=1S/C18H17ClN2OS/c1-11-18(23-14-5-3-2-4-6-14)15-7-12(19)8-16-17(15)21(11)13(9-20)10-22-16/h2-8,13H,9-10,20H2,1H3. The Bertz CT molecular complexity index is 876. The number of halogens is 1. The van der Waals surface area contributed by atoms with Crippen molar-refractivity contribution in [3.8, 4) is 5.75 Å². The predicted octanol–water partition coefficient (Wildman–Crippen LogP) is 4.65. The monoisotopic (exact) mass is 344 g/mol. The minimum atomic E-state index is 0.163. The normalized spacial score (nSPS) is 16.6. The van der Waals surface area contributed by atoms with Crippen LogP contribution in [0.2, 0.25) is 5.02 Å². The van der Waals surface area contributed by atoms with Crippen LogP contribution in [0, 0.1) is 6.92 Å². The summed E-state index contributed by atoms with van der Waals surface area (Å²) in [7, 11) is 0. The zero-order valence-corrected chi connectivity index (χ0v) is 14.3. The minimum absolute atomic E-state index is 0.163. The van der Waals surface area contributed by atoms with Crippen molar-refractivity contribution in [3.05, 3.63) is 53.2 Å². The lowest BCUT2D eigenvalue weighted by molar-refractivity contribution is 0.239. The van der Waals surface area contributed by atoms with E-state index in [1.807, 2.05) is 18.2 Å². The Morgan fingerprint density at radius 3 is 2.83 bits per heavy atom. The molecule has 1 aliphatic rings. The molecule has 0 saturated carbocycles. The van der Waals surface area contributed by atoms with Crippen LogP contribution >= 0.6 is 23.4 Å². The third-order valence-corrected chi connectivity index (χ3v) is 5.69. The largest absolute Gasteiger partial charge is 0.489 e. The smallest absolute Gasteiger partial charge is 0.145 e. The van der Waals surface area contributed by atoms with Gasteiger partial charge in [-0.2, -0.15) is 0 Å². The summed E-state index contributed by atoms with van der Waals surface area (Å²) < 4.78 is 8.22. The summed E-state index contributed by atoms with van der Waals surface area (Å²) in [5.74, 6) is 0.847. The van der Waals surface area contributed by atoms with Gasteiger partial charge in [0.25, 0.3) is 0 Å². The molecule has 2 aromatic carbocycles. The van der Waals surface area contributed by atoms with E-state index in [-0.39, 0.29) is 6.04 Å². The van der Waals surface area contributed by atoms with E-state index in [4.69, 9.17) is 22.1 Å². The highest BCUT2D eigenvalue weighted by atomic mass is 35.5. The van der Waals surface area contributed by atoms with E-state index in [2.05, 4.69) is 35.8 Å². The lowest BCUT2D eigenvalue weighted by Gasteiger charge is -2.26. The topological polar surface area (TPSA) is 40.2 Å². The van der Waals surface area contributed by atoms with Gasteiger partial charge in [0.05, 0.1) is 11.6 Å².